The van der Waals surface area contributed by atoms with Gasteiger partial charge in [-0.25, -0.2) is 4.79 Å². The predicted octanol–water partition coefficient (Wildman–Crippen LogP) is 2.52. The molecular formula is C19H26N2O3S. The zero-order valence-electron chi connectivity index (χ0n) is 14.8. The number of hydrogen-bond acceptors (Lipinski definition) is 5. The summed E-state index contributed by atoms with van der Waals surface area (Å²) in [4.78, 5) is 29.8. The summed E-state index contributed by atoms with van der Waals surface area (Å²) in [6.07, 6.45) is 3.49. The molecule has 25 heavy (non-hydrogen) atoms. The van der Waals surface area contributed by atoms with Gasteiger partial charge in [0, 0.05) is 18.8 Å². The summed E-state index contributed by atoms with van der Waals surface area (Å²) in [7, 11) is 1.35. The number of ether oxygens (including phenoxy) is 1. The van der Waals surface area contributed by atoms with E-state index in [4.69, 9.17) is 4.74 Å². The molecule has 0 aromatic heterocycles. The van der Waals surface area contributed by atoms with Crippen LogP contribution in [0.1, 0.15) is 40.0 Å². The summed E-state index contributed by atoms with van der Waals surface area (Å²) in [5.41, 5.74) is 0.805. The molecule has 0 radical (unpaired) electrons. The maximum absolute atomic E-state index is 13.3. The van der Waals surface area contributed by atoms with E-state index in [-0.39, 0.29) is 11.9 Å². The van der Waals surface area contributed by atoms with Gasteiger partial charge >= 0.3 is 5.97 Å². The summed E-state index contributed by atoms with van der Waals surface area (Å²) in [6.45, 7) is 3.93. The second-order valence-corrected chi connectivity index (χ2v) is 7.78. The minimum Gasteiger partial charge on any atom is -0.465 e. The smallest absolute Gasteiger partial charge is 0.338 e. The number of likely N-dealkylation sites (tertiary alicyclic amines) is 1. The van der Waals surface area contributed by atoms with Gasteiger partial charge in [0.1, 0.15) is 0 Å². The van der Waals surface area contributed by atoms with Crippen LogP contribution in [0.3, 0.4) is 0 Å². The molecule has 0 saturated carbocycles. The molecule has 0 spiro atoms. The lowest BCUT2D eigenvalue weighted by atomic mass is 10.0. The molecule has 0 bridgehead atoms. The van der Waals surface area contributed by atoms with Gasteiger partial charge in [0.05, 0.1) is 24.3 Å². The lowest BCUT2D eigenvalue weighted by Crippen LogP contribution is -2.48. The van der Waals surface area contributed by atoms with Crippen molar-refractivity contribution in [2.45, 2.75) is 25.3 Å². The second-order valence-electron chi connectivity index (χ2n) is 6.63. The van der Waals surface area contributed by atoms with Crippen LogP contribution >= 0.6 is 11.8 Å². The van der Waals surface area contributed by atoms with E-state index in [1.165, 1.54) is 20.0 Å². The van der Waals surface area contributed by atoms with Crippen LogP contribution in [0.4, 0.5) is 0 Å². The quantitative estimate of drug-likeness (QED) is 0.771. The first kappa shape index (κ1) is 18.3. The highest BCUT2D eigenvalue weighted by Crippen LogP contribution is 2.22. The highest BCUT2D eigenvalue weighted by atomic mass is 32.2. The SMILES string of the molecule is COC(=O)c1ccccc1C(=O)N1CCCSCC1CN1CCCC1. The van der Waals surface area contributed by atoms with Crippen molar-refractivity contribution < 1.29 is 14.3 Å². The lowest BCUT2D eigenvalue weighted by Gasteiger charge is -2.33. The first-order valence-corrected chi connectivity index (χ1v) is 10.1. The van der Waals surface area contributed by atoms with Crippen LogP contribution in [0.15, 0.2) is 24.3 Å². The number of benzene rings is 1. The number of thioether (sulfide) groups is 1. The van der Waals surface area contributed by atoms with Crippen LogP contribution < -0.4 is 0 Å². The Morgan fingerprint density at radius 2 is 1.84 bits per heavy atom. The van der Waals surface area contributed by atoms with E-state index in [2.05, 4.69) is 4.90 Å². The number of hydrogen-bond donors (Lipinski definition) is 0. The van der Waals surface area contributed by atoms with E-state index in [0.29, 0.717) is 11.1 Å². The highest BCUT2D eigenvalue weighted by Gasteiger charge is 2.30. The van der Waals surface area contributed by atoms with Gasteiger partial charge in [0.25, 0.3) is 5.91 Å². The second kappa shape index (κ2) is 8.72. The van der Waals surface area contributed by atoms with E-state index >= 15 is 0 Å². The Hall–Kier alpha value is -1.53. The number of carbonyl (C=O) groups excluding carboxylic acids is 2. The van der Waals surface area contributed by atoms with Crippen LogP contribution in [0, 0.1) is 0 Å². The minimum atomic E-state index is -0.454. The molecule has 0 aliphatic carbocycles. The summed E-state index contributed by atoms with van der Waals surface area (Å²) in [5, 5.41) is 0. The molecule has 2 fully saturated rings. The third kappa shape index (κ3) is 4.36. The molecule has 5 nitrogen and oxygen atoms in total. The molecule has 2 heterocycles. The average Bonchev–Trinajstić information content (AvgIpc) is 3.05. The van der Waals surface area contributed by atoms with Crippen LogP contribution in [0.2, 0.25) is 0 Å². The maximum atomic E-state index is 13.3. The number of carbonyl (C=O) groups is 2. The standard InChI is InChI=1S/C19H26N2O3S/c1-24-19(23)17-8-3-2-7-16(17)18(22)21-11-6-12-25-14-15(21)13-20-9-4-5-10-20/h2-3,7-8,15H,4-6,9-14H2,1H3. The highest BCUT2D eigenvalue weighted by molar-refractivity contribution is 7.99. The Balaban J connectivity index is 1.83. The van der Waals surface area contributed by atoms with Gasteiger partial charge in [0.2, 0.25) is 0 Å². The molecule has 3 rings (SSSR count). The van der Waals surface area contributed by atoms with E-state index in [1.807, 2.05) is 22.7 Å². The third-order valence-electron chi connectivity index (χ3n) is 4.93. The van der Waals surface area contributed by atoms with Gasteiger partial charge in [-0.3, -0.25) is 4.79 Å². The molecule has 1 amide bonds. The summed E-state index contributed by atoms with van der Waals surface area (Å²) in [5.74, 6) is 1.54. The van der Waals surface area contributed by atoms with Crippen molar-refractivity contribution in [2.24, 2.45) is 0 Å². The van der Waals surface area contributed by atoms with Crippen molar-refractivity contribution in [1.29, 1.82) is 0 Å². The fraction of sp³-hybridized carbons (Fsp3) is 0.579. The van der Waals surface area contributed by atoms with Crippen LogP contribution in [-0.4, -0.2) is 72.5 Å². The molecule has 2 saturated heterocycles. The fourth-order valence-electron chi connectivity index (χ4n) is 3.62. The molecule has 136 valence electrons. The van der Waals surface area contributed by atoms with Gasteiger partial charge in [-0.15, -0.1) is 0 Å². The van der Waals surface area contributed by atoms with Crippen molar-refractivity contribution in [3.05, 3.63) is 35.4 Å². The number of rotatable bonds is 4. The molecule has 0 N–H and O–H groups in total. The van der Waals surface area contributed by atoms with Gasteiger partial charge in [0.15, 0.2) is 0 Å². The number of methoxy groups -OCH3 is 1. The molecule has 1 aromatic rings. The molecule has 1 unspecified atom stereocenters. The Labute approximate surface area is 153 Å². The largest absolute Gasteiger partial charge is 0.465 e. The van der Waals surface area contributed by atoms with E-state index in [9.17, 15) is 9.59 Å². The Kier molecular flexibility index (Phi) is 6.37. The zero-order chi connectivity index (χ0) is 17.6. The zero-order valence-corrected chi connectivity index (χ0v) is 15.6. The van der Waals surface area contributed by atoms with E-state index in [1.54, 1.807) is 18.2 Å². The summed E-state index contributed by atoms with van der Waals surface area (Å²) < 4.78 is 4.85. The third-order valence-corrected chi connectivity index (χ3v) is 6.13. The molecule has 1 atom stereocenters. The van der Waals surface area contributed by atoms with Crippen molar-refractivity contribution in [3.63, 3.8) is 0 Å². The van der Waals surface area contributed by atoms with Crippen molar-refractivity contribution >= 4 is 23.6 Å². The average molecular weight is 362 g/mol. The monoisotopic (exact) mass is 362 g/mol. The first-order valence-electron chi connectivity index (χ1n) is 8.99. The van der Waals surface area contributed by atoms with E-state index in [0.717, 1.165) is 44.1 Å². The molecule has 6 heteroatoms. The number of amides is 1. The van der Waals surface area contributed by atoms with Crippen LogP contribution in [-0.2, 0) is 4.74 Å². The first-order chi connectivity index (χ1) is 12.2. The van der Waals surface area contributed by atoms with Crippen LogP contribution in [0.5, 0.6) is 0 Å². The lowest BCUT2D eigenvalue weighted by molar-refractivity contribution is 0.0579. The summed E-state index contributed by atoms with van der Waals surface area (Å²) in [6, 6.07) is 7.18. The maximum Gasteiger partial charge on any atom is 0.338 e. The van der Waals surface area contributed by atoms with Crippen molar-refractivity contribution in [3.8, 4) is 0 Å². The number of esters is 1. The van der Waals surface area contributed by atoms with Crippen molar-refractivity contribution in [2.75, 3.05) is 44.8 Å². The Morgan fingerprint density at radius 3 is 2.56 bits per heavy atom. The number of nitrogens with zero attached hydrogens (tertiary/aromatic N) is 2. The molecular weight excluding hydrogens is 336 g/mol. The molecule has 2 aliphatic heterocycles. The van der Waals surface area contributed by atoms with E-state index < -0.39 is 5.97 Å². The van der Waals surface area contributed by atoms with Crippen LogP contribution in [0.25, 0.3) is 0 Å². The van der Waals surface area contributed by atoms with Gasteiger partial charge < -0.3 is 14.5 Å². The Morgan fingerprint density at radius 1 is 1.12 bits per heavy atom. The normalized spacial score (nSPS) is 21.8. The summed E-state index contributed by atoms with van der Waals surface area (Å²) >= 11 is 1.93. The van der Waals surface area contributed by atoms with Crippen molar-refractivity contribution in [1.82, 2.24) is 9.80 Å². The fourth-order valence-corrected chi connectivity index (χ4v) is 4.68. The van der Waals surface area contributed by atoms with Gasteiger partial charge in [-0.2, -0.15) is 11.8 Å². The topological polar surface area (TPSA) is 49.9 Å². The van der Waals surface area contributed by atoms with Gasteiger partial charge in [-0.1, -0.05) is 12.1 Å². The predicted molar refractivity (Wildman–Crippen MR) is 100 cm³/mol. The minimum absolute atomic E-state index is 0.0484. The van der Waals surface area contributed by atoms with Gasteiger partial charge in [-0.05, 0) is 50.2 Å². The molecule has 1 aromatic carbocycles. The Bertz CT molecular complexity index is 616. The molecule has 2 aliphatic rings.